The quantitative estimate of drug-likeness (QED) is 0.712. The van der Waals surface area contributed by atoms with Crippen LogP contribution in [0.5, 0.6) is 0 Å². The zero-order valence-electron chi connectivity index (χ0n) is 13.7. The lowest BCUT2D eigenvalue weighted by atomic mass is 10.1. The van der Waals surface area contributed by atoms with Crippen molar-refractivity contribution in [1.82, 2.24) is 5.16 Å². The van der Waals surface area contributed by atoms with E-state index in [0.29, 0.717) is 40.6 Å². The van der Waals surface area contributed by atoms with Gasteiger partial charge < -0.3 is 19.0 Å². The van der Waals surface area contributed by atoms with Crippen molar-refractivity contribution in [2.24, 2.45) is 0 Å². The minimum absolute atomic E-state index is 0.296. The molecule has 0 radical (unpaired) electrons. The van der Waals surface area contributed by atoms with Gasteiger partial charge in [-0.25, -0.2) is 4.79 Å². The first kappa shape index (κ1) is 16.5. The van der Waals surface area contributed by atoms with Crippen LogP contribution in [0.4, 0.5) is 5.69 Å². The Morgan fingerprint density at radius 1 is 1.20 bits per heavy atom. The number of nitrogens with zero attached hydrogens (tertiary/aromatic N) is 1. The molecule has 0 spiro atoms. The van der Waals surface area contributed by atoms with Gasteiger partial charge in [-0.3, -0.25) is 4.79 Å². The minimum atomic E-state index is -0.407. The van der Waals surface area contributed by atoms with Gasteiger partial charge in [0.1, 0.15) is 11.3 Å². The van der Waals surface area contributed by atoms with Crippen LogP contribution in [-0.2, 0) is 4.74 Å². The highest BCUT2D eigenvalue weighted by Crippen LogP contribution is 2.26. The van der Waals surface area contributed by atoms with Gasteiger partial charge in [0.2, 0.25) is 0 Å². The fourth-order valence-corrected chi connectivity index (χ4v) is 2.32. The number of anilines is 1. The Morgan fingerprint density at radius 2 is 1.96 bits per heavy atom. The van der Waals surface area contributed by atoms with Gasteiger partial charge in [-0.05, 0) is 50.2 Å². The molecule has 7 nitrogen and oxygen atoms in total. The summed E-state index contributed by atoms with van der Waals surface area (Å²) in [5.41, 5.74) is 1.58. The molecule has 1 amide bonds. The number of amides is 1. The average molecular weight is 340 g/mol. The first-order chi connectivity index (χ1) is 12.1. The van der Waals surface area contributed by atoms with E-state index in [1.165, 1.54) is 6.26 Å². The van der Waals surface area contributed by atoms with Gasteiger partial charge in [-0.15, -0.1) is 0 Å². The van der Waals surface area contributed by atoms with Crippen LogP contribution in [0.1, 0.15) is 33.4 Å². The third-order valence-electron chi connectivity index (χ3n) is 3.50. The van der Waals surface area contributed by atoms with Crippen LogP contribution < -0.4 is 5.32 Å². The molecular weight excluding hydrogens is 324 g/mol. The van der Waals surface area contributed by atoms with Crippen molar-refractivity contribution in [3.63, 3.8) is 0 Å². The predicted molar refractivity (Wildman–Crippen MR) is 89.3 cm³/mol. The lowest BCUT2D eigenvalue weighted by molar-refractivity contribution is 0.0526. The number of rotatable bonds is 5. The second kappa shape index (κ2) is 7.04. The van der Waals surface area contributed by atoms with E-state index < -0.39 is 5.97 Å². The molecule has 0 bridgehead atoms. The Kier molecular flexibility index (Phi) is 4.65. The first-order valence-corrected chi connectivity index (χ1v) is 7.68. The van der Waals surface area contributed by atoms with Crippen LogP contribution in [-0.4, -0.2) is 23.6 Å². The van der Waals surface area contributed by atoms with E-state index in [9.17, 15) is 9.59 Å². The largest absolute Gasteiger partial charge is 0.463 e. The molecule has 0 saturated carbocycles. The maximum Gasteiger partial charge on any atom is 0.338 e. The molecule has 0 saturated heterocycles. The van der Waals surface area contributed by atoms with Gasteiger partial charge in [0.05, 0.1) is 18.4 Å². The number of hydrogen-bond donors (Lipinski definition) is 1. The maximum absolute atomic E-state index is 12.6. The van der Waals surface area contributed by atoms with Crippen LogP contribution in [0.3, 0.4) is 0 Å². The summed E-state index contributed by atoms with van der Waals surface area (Å²) in [5, 5.41) is 6.64. The summed E-state index contributed by atoms with van der Waals surface area (Å²) in [7, 11) is 0. The van der Waals surface area contributed by atoms with Gasteiger partial charge >= 0.3 is 5.97 Å². The van der Waals surface area contributed by atoms with Gasteiger partial charge in [0, 0.05) is 5.69 Å². The number of carbonyl (C=O) groups excluding carboxylic acids is 2. The fraction of sp³-hybridized carbons (Fsp3) is 0.167. The molecule has 128 valence electrons. The van der Waals surface area contributed by atoms with Crippen LogP contribution in [0.2, 0.25) is 0 Å². The maximum atomic E-state index is 12.6. The van der Waals surface area contributed by atoms with E-state index in [-0.39, 0.29) is 5.91 Å². The number of nitrogens with one attached hydrogen (secondary N) is 1. The van der Waals surface area contributed by atoms with E-state index in [4.69, 9.17) is 13.7 Å². The van der Waals surface area contributed by atoms with Crippen molar-refractivity contribution in [1.29, 1.82) is 0 Å². The summed E-state index contributed by atoms with van der Waals surface area (Å²) in [6.07, 6.45) is 1.50. The molecule has 0 aliphatic heterocycles. The summed E-state index contributed by atoms with van der Waals surface area (Å²) in [6.45, 7) is 3.70. The highest BCUT2D eigenvalue weighted by molar-refractivity contribution is 6.08. The van der Waals surface area contributed by atoms with Gasteiger partial charge in [0.25, 0.3) is 5.91 Å². The molecule has 0 aliphatic rings. The number of carbonyl (C=O) groups is 2. The van der Waals surface area contributed by atoms with Crippen LogP contribution in [0.15, 0.2) is 51.6 Å². The molecule has 3 aromatic rings. The molecule has 1 N–H and O–H groups in total. The molecule has 25 heavy (non-hydrogen) atoms. The first-order valence-electron chi connectivity index (χ1n) is 7.68. The van der Waals surface area contributed by atoms with Crippen molar-refractivity contribution >= 4 is 17.6 Å². The average Bonchev–Trinajstić information content (AvgIpc) is 3.25. The smallest absolute Gasteiger partial charge is 0.338 e. The summed E-state index contributed by atoms with van der Waals surface area (Å²) >= 11 is 0. The third-order valence-corrected chi connectivity index (χ3v) is 3.50. The van der Waals surface area contributed by atoms with Crippen molar-refractivity contribution in [3.05, 3.63) is 59.5 Å². The van der Waals surface area contributed by atoms with Crippen LogP contribution >= 0.6 is 0 Å². The number of aryl methyl sites for hydroxylation is 1. The molecule has 2 heterocycles. The van der Waals surface area contributed by atoms with E-state index in [1.807, 2.05) is 0 Å². The SMILES string of the molecule is CCOC(=O)c1ccc(NC(=O)c2c(-c3ccco3)noc2C)cc1. The number of furan rings is 1. The van der Waals surface area contributed by atoms with Crippen molar-refractivity contribution in [2.75, 3.05) is 11.9 Å². The molecule has 2 aromatic heterocycles. The van der Waals surface area contributed by atoms with E-state index in [0.717, 1.165) is 0 Å². The Balaban J connectivity index is 1.79. The van der Waals surface area contributed by atoms with E-state index in [1.54, 1.807) is 50.2 Å². The lowest BCUT2D eigenvalue weighted by Crippen LogP contribution is -2.13. The number of hydrogen-bond acceptors (Lipinski definition) is 6. The van der Waals surface area contributed by atoms with E-state index >= 15 is 0 Å². The molecule has 3 rings (SSSR count). The van der Waals surface area contributed by atoms with Gasteiger partial charge in [0.15, 0.2) is 11.5 Å². The lowest BCUT2D eigenvalue weighted by Gasteiger charge is -2.06. The van der Waals surface area contributed by atoms with E-state index in [2.05, 4.69) is 10.5 Å². The summed E-state index contributed by atoms with van der Waals surface area (Å²) in [6, 6.07) is 9.82. The number of esters is 1. The number of benzene rings is 1. The highest BCUT2D eigenvalue weighted by atomic mass is 16.5. The van der Waals surface area contributed by atoms with Crippen LogP contribution in [0, 0.1) is 6.92 Å². The Hall–Kier alpha value is -3.35. The fourth-order valence-electron chi connectivity index (χ4n) is 2.32. The van der Waals surface area contributed by atoms with Crippen molar-refractivity contribution < 1.29 is 23.3 Å². The molecule has 1 aromatic carbocycles. The standard InChI is InChI=1S/C18H16N2O5/c1-3-23-18(22)12-6-8-13(9-7-12)19-17(21)15-11(2)25-20-16(15)14-5-4-10-24-14/h4-10H,3H2,1-2H3,(H,19,21). The van der Waals surface area contributed by atoms with Crippen LogP contribution in [0.25, 0.3) is 11.5 Å². The normalized spacial score (nSPS) is 10.5. The third kappa shape index (κ3) is 3.45. The van der Waals surface area contributed by atoms with Gasteiger partial charge in [-0.1, -0.05) is 5.16 Å². The zero-order chi connectivity index (χ0) is 17.8. The molecule has 0 unspecified atom stereocenters. The predicted octanol–water partition coefficient (Wildman–Crippen LogP) is 3.67. The second-order valence-corrected chi connectivity index (χ2v) is 5.19. The summed E-state index contributed by atoms with van der Waals surface area (Å²) < 4.78 is 15.3. The Morgan fingerprint density at radius 3 is 2.60 bits per heavy atom. The molecule has 0 fully saturated rings. The summed E-state index contributed by atoms with van der Waals surface area (Å²) in [4.78, 5) is 24.2. The molecule has 0 aliphatic carbocycles. The van der Waals surface area contributed by atoms with Crippen molar-refractivity contribution in [2.45, 2.75) is 13.8 Å². The second-order valence-electron chi connectivity index (χ2n) is 5.19. The monoisotopic (exact) mass is 340 g/mol. The number of ether oxygens (including phenoxy) is 1. The highest BCUT2D eigenvalue weighted by Gasteiger charge is 2.23. The summed E-state index contributed by atoms with van der Waals surface area (Å²) in [5.74, 6) is 0.0381. The Labute approximate surface area is 143 Å². The minimum Gasteiger partial charge on any atom is -0.463 e. The molecule has 7 heteroatoms. The zero-order valence-corrected chi connectivity index (χ0v) is 13.7. The number of aromatic nitrogens is 1. The van der Waals surface area contributed by atoms with Crippen molar-refractivity contribution in [3.8, 4) is 11.5 Å². The van der Waals surface area contributed by atoms with Gasteiger partial charge in [-0.2, -0.15) is 0 Å². The topological polar surface area (TPSA) is 94.6 Å². The molecular formula is C18H16N2O5. The Bertz CT molecular complexity index is 879. The molecule has 0 atom stereocenters.